The molecule has 110 valence electrons. The van der Waals surface area contributed by atoms with Crippen LogP contribution in [0.2, 0.25) is 0 Å². The molecule has 19 heavy (non-hydrogen) atoms. The number of aliphatic carboxylic acids is 1. The number of rotatable bonds is 6. The van der Waals surface area contributed by atoms with Gasteiger partial charge in [-0.3, -0.25) is 10.2 Å². The number of hydrazine groups is 1. The van der Waals surface area contributed by atoms with E-state index < -0.39 is 5.97 Å². The highest BCUT2D eigenvalue weighted by molar-refractivity contribution is 5.73. The number of hydrogen-bond acceptors (Lipinski definition) is 4. The zero-order valence-corrected chi connectivity index (χ0v) is 11.7. The fourth-order valence-electron chi connectivity index (χ4n) is 1.95. The Kier molecular flexibility index (Phi) is 6.58. The van der Waals surface area contributed by atoms with E-state index in [9.17, 15) is 9.59 Å². The van der Waals surface area contributed by atoms with Crippen molar-refractivity contribution in [1.29, 1.82) is 0 Å². The first-order valence-corrected chi connectivity index (χ1v) is 6.71. The van der Waals surface area contributed by atoms with E-state index >= 15 is 0 Å². The van der Waals surface area contributed by atoms with Crippen molar-refractivity contribution in [2.24, 2.45) is 5.92 Å². The highest BCUT2D eigenvalue weighted by atomic mass is 16.4. The van der Waals surface area contributed by atoms with E-state index in [1.54, 1.807) is 0 Å². The lowest BCUT2D eigenvalue weighted by molar-refractivity contribution is -0.138. The molecule has 1 aliphatic heterocycles. The Balaban J connectivity index is 2.21. The van der Waals surface area contributed by atoms with E-state index in [0.717, 1.165) is 32.6 Å². The van der Waals surface area contributed by atoms with Crippen LogP contribution in [0.1, 0.15) is 19.8 Å². The quantitative estimate of drug-likeness (QED) is 0.631. The molecular weight excluding hydrogens is 248 g/mol. The molecule has 2 amide bonds. The van der Waals surface area contributed by atoms with E-state index in [2.05, 4.69) is 22.7 Å². The molecule has 0 aliphatic carbocycles. The maximum absolute atomic E-state index is 11.7. The average molecular weight is 272 g/mol. The Hall–Kier alpha value is -1.34. The van der Waals surface area contributed by atoms with Crippen molar-refractivity contribution < 1.29 is 14.7 Å². The Morgan fingerprint density at radius 1 is 1.26 bits per heavy atom. The molecule has 0 bridgehead atoms. The summed E-state index contributed by atoms with van der Waals surface area (Å²) >= 11 is 0. The normalized spacial score (nSPS) is 18.8. The number of hydrogen-bond donors (Lipinski definition) is 3. The monoisotopic (exact) mass is 272 g/mol. The second kappa shape index (κ2) is 7.96. The van der Waals surface area contributed by atoms with Crippen molar-refractivity contribution in [2.75, 3.05) is 39.8 Å². The van der Waals surface area contributed by atoms with Crippen molar-refractivity contribution >= 4 is 12.0 Å². The Morgan fingerprint density at radius 2 is 1.89 bits per heavy atom. The molecule has 0 aromatic heterocycles. The molecule has 0 spiro atoms. The van der Waals surface area contributed by atoms with Gasteiger partial charge in [-0.25, -0.2) is 9.80 Å². The minimum atomic E-state index is -0.826. The van der Waals surface area contributed by atoms with Crippen molar-refractivity contribution in [2.45, 2.75) is 19.8 Å². The van der Waals surface area contributed by atoms with Gasteiger partial charge in [0.15, 0.2) is 0 Å². The van der Waals surface area contributed by atoms with Crippen LogP contribution in [0.5, 0.6) is 0 Å². The summed E-state index contributed by atoms with van der Waals surface area (Å²) in [5, 5.41) is 13.3. The summed E-state index contributed by atoms with van der Waals surface area (Å²) in [6.07, 6.45) is 0.826. The average Bonchev–Trinajstić information content (AvgIpc) is 2.37. The van der Waals surface area contributed by atoms with E-state index in [0.29, 0.717) is 6.54 Å². The third-order valence-corrected chi connectivity index (χ3v) is 3.35. The van der Waals surface area contributed by atoms with Gasteiger partial charge >= 0.3 is 12.0 Å². The minimum absolute atomic E-state index is 0.0178. The first-order valence-electron chi connectivity index (χ1n) is 6.71. The van der Waals surface area contributed by atoms with Crippen LogP contribution in [0.3, 0.4) is 0 Å². The number of urea groups is 1. The highest BCUT2D eigenvalue weighted by Gasteiger charge is 2.17. The molecule has 1 aliphatic rings. The zero-order valence-electron chi connectivity index (χ0n) is 11.7. The maximum atomic E-state index is 11.7. The van der Waals surface area contributed by atoms with Gasteiger partial charge in [-0.05, 0) is 13.0 Å². The van der Waals surface area contributed by atoms with Gasteiger partial charge in [0, 0.05) is 39.1 Å². The third-order valence-electron chi connectivity index (χ3n) is 3.35. The standard InChI is InChI=1S/C12H24N4O3/c1-3-10(8-11(17)18)9-13-12(19)14-16-6-4-15(2)5-7-16/h10H,3-9H2,1-2H3,(H,17,18)(H2,13,14,19). The number of nitrogens with one attached hydrogen (secondary N) is 2. The number of piperazine rings is 1. The van der Waals surface area contributed by atoms with Crippen LogP contribution in [0.4, 0.5) is 4.79 Å². The molecule has 1 saturated heterocycles. The Labute approximate surface area is 113 Å². The number of carboxylic acid groups (broad SMARTS) is 1. The number of amides is 2. The molecular formula is C12H24N4O3. The summed E-state index contributed by atoms with van der Waals surface area (Å²) in [5.41, 5.74) is 2.78. The van der Waals surface area contributed by atoms with Crippen LogP contribution in [0, 0.1) is 5.92 Å². The van der Waals surface area contributed by atoms with E-state index in [1.807, 2.05) is 11.9 Å². The number of carbonyl (C=O) groups is 2. The fraction of sp³-hybridized carbons (Fsp3) is 0.833. The summed E-state index contributed by atoms with van der Waals surface area (Å²) < 4.78 is 0. The lowest BCUT2D eigenvalue weighted by Crippen LogP contribution is -2.55. The Morgan fingerprint density at radius 3 is 2.42 bits per heavy atom. The fourth-order valence-corrected chi connectivity index (χ4v) is 1.95. The smallest absolute Gasteiger partial charge is 0.329 e. The van der Waals surface area contributed by atoms with Crippen molar-refractivity contribution in [3.8, 4) is 0 Å². The molecule has 7 nitrogen and oxygen atoms in total. The third kappa shape index (κ3) is 6.40. The molecule has 0 aromatic rings. The first kappa shape index (κ1) is 15.7. The molecule has 0 radical (unpaired) electrons. The van der Waals surface area contributed by atoms with Crippen LogP contribution >= 0.6 is 0 Å². The van der Waals surface area contributed by atoms with Crippen molar-refractivity contribution in [3.05, 3.63) is 0 Å². The molecule has 1 unspecified atom stereocenters. The summed E-state index contributed by atoms with van der Waals surface area (Å²) in [5.74, 6) is -0.844. The van der Waals surface area contributed by atoms with E-state index in [-0.39, 0.29) is 18.4 Å². The Bertz CT molecular complexity index is 303. The molecule has 1 fully saturated rings. The van der Waals surface area contributed by atoms with E-state index in [1.165, 1.54) is 0 Å². The summed E-state index contributed by atoms with van der Waals surface area (Å²) in [6.45, 7) is 5.77. The lowest BCUT2D eigenvalue weighted by atomic mass is 10.0. The molecule has 0 saturated carbocycles. The van der Waals surface area contributed by atoms with Gasteiger partial charge in [0.2, 0.25) is 0 Å². The second-order valence-corrected chi connectivity index (χ2v) is 4.98. The van der Waals surface area contributed by atoms with E-state index in [4.69, 9.17) is 5.11 Å². The summed E-state index contributed by atoms with van der Waals surface area (Å²) in [4.78, 5) is 24.5. The minimum Gasteiger partial charge on any atom is -0.481 e. The molecule has 1 atom stereocenters. The number of nitrogens with zero attached hydrogens (tertiary/aromatic N) is 2. The van der Waals surface area contributed by atoms with Gasteiger partial charge in [0.05, 0.1) is 0 Å². The molecule has 1 heterocycles. The SMILES string of the molecule is CCC(CNC(=O)NN1CCN(C)CC1)CC(=O)O. The maximum Gasteiger partial charge on any atom is 0.329 e. The van der Waals surface area contributed by atoms with Gasteiger partial charge in [-0.1, -0.05) is 13.3 Å². The number of carboxylic acids is 1. The van der Waals surface area contributed by atoms with Crippen molar-refractivity contribution in [1.82, 2.24) is 20.7 Å². The first-order chi connectivity index (χ1) is 9.01. The predicted octanol–water partition coefficient (Wildman–Crippen LogP) is -0.0511. The highest BCUT2D eigenvalue weighted by Crippen LogP contribution is 2.06. The van der Waals surface area contributed by atoms with Crippen LogP contribution in [0.25, 0.3) is 0 Å². The lowest BCUT2D eigenvalue weighted by Gasteiger charge is -2.32. The summed E-state index contributed by atoms with van der Waals surface area (Å²) in [7, 11) is 2.05. The van der Waals surface area contributed by atoms with Gasteiger partial charge in [0.1, 0.15) is 0 Å². The molecule has 7 heteroatoms. The van der Waals surface area contributed by atoms with Gasteiger partial charge in [0.25, 0.3) is 0 Å². The summed E-state index contributed by atoms with van der Waals surface area (Å²) in [6, 6.07) is -0.256. The van der Waals surface area contributed by atoms with Crippen LogP contribution in [-0.4, -0.2) is 66.8 Å². The molecule has 3 N–H and O–H groups in total. The second-order valence-electron chi connectivity index (χ2n) is 4.98. The van der Waals surface area contributed by atoms with Crippen LogP contribution in [0.15, 0.2) is 0 Å². The topological polar surface area (TPSA) is 84.9 Å². The van der Waals surface area contributed by atoms with Crippen molar-refractivity contribution in [3.63, 3.8) is 0 Å². The number of carbonyl (C=O) groups excluding carboxylic acids is 1. The van der Waals surface area contributed by atoms with Crippen LogP contribution in [-0.2, 0) is 4.79 Å². The largest absolute Gasteiger partial charge is 0.481 e. The van der Waals surface area contributed by atoms with Gasteiger partial charge in [-0.2, -0.15) is 0 Å². The molecule has 0 aromatic carbocycles. The predicted molar refractivity (Wildman–Crippen MR) is 71.6 cm³/mol. The zero-order chi connectivity index (χ0) is 14.3. The number of likely N-dealkylation sites (N-methyl/N-ethyl adjacent to an activating group) is 1. The van der Waals surface area contributed by atoms with Crippen LogP contribution < -0.4 is 10.7 Å². The van der Waals surface area contributed by atoms with Gasteiger partial charge in [-0.15, -0.1) is 0 Å². The van der Waals surface area contributed by atoms with Gasteiger partial charge < -0.3 is 15.3 Å². The molecule has 1 rings (SSSR count).